The molecule has 0 aromatic carbocycles. The Morgan fingerprint density at radius 2 is 1.89 bits per heavy atom. The third-order valence-electron chi connectivity index (χ3n) is 1.13. The van der Waals surface area contributed by atoms with Gasteiger partial charge in [0.05, 0.1) is 0 Å². The van der Waals surface area contributed by atoms with Gasteiger partial charge in [0.15, 0.2) is 0 Å². The number of hydrogen-bond acceptors (Lipinski definition) is 1. The highest BCUT2D eigenvalue weighted by Crippen LogP contribution is 1.98. The van der Waals surface area contributed by atoms with E-state index in [1.807, 2.05) is 0 Å². The average molecular weight is 150 g/mol. The molecule has 0 saturated carbocycles. The third kappa shape index (κ3) is 11.5. The van der Waals surface area contributed by atoms with Gasteiger partial charge < -0.3 is 17.2 Å². The fourth-order valence-corrected chi connectivity index (χ4v) is 0.624. The molecule has 0 bridgehead atoms. The molecule has 56 valence electrons. The molecule has 0 aliphatic rings. The number of halogens is 1. The van der Waals surface area contributed by atoms with Gasteiger partial charge in [0.1, 0.15) is 5.78 Å². The van der Waals surface area contributed by atoms with Crippen molar-refractivity contribution in [1.29, 1.82) is 0 Å². The van der Waals surface area contributed by atoms with Gasteiger partial charge in [0, 0.05) is 6.42 Å². The predicted molar refractivity (Wildman–Crippen MR) is 34.8 cm³/mol. The predicted octanol–water partition coefficient (Wildman–Crippen LogP) is -0.840. The first kappa shape index (κ1) is 11.7. The zero-order valence-electron chi connectivity index (χ0n) is 6.11. The van der Waals surface area contributed by atoms with Gasteiger partial charge in [-0.3, -0.25) is 0 Å². The molecule has 0 N–H and O–H groups in total. The maximum absolute atomic E-state index is 10.3. The summed E-state index contributed by atoms with van der Waals surface area (Å²) in [5.74, 6) is 0.318. The Morgan fingerprint density at radius 1 is 1.33 bits per heavy atom. The Labute approximate surface area is 63.2 Å². The Kier molecular flexibility index (Phi) is 10.4. The van der Waals surface area contributed by atoms with Crippen molar-refractivity contribution in [3.8, 4) is 0 Å². The van der Waals surface area contributed by atoms with Crippen molar-refractivity contribution in [2.45, 2.75) is 39.5 Å². The molecule has 0 aromatic heterocycles. The summed E-state index contributed by atoms with van der Waals surface area (Å²) < 4.78 is 0. The van der Waals surface area contributed by atoms with Gasteiger partial charge in [-0.05, 0) is 13.3 Å². The summed E-state index contributed by atoms with van der Waals surface area (Å²) in [7, 11) is 0. The van der Waals surface area contributed by atoms with E-state index in [-0.39, 0.29) is 12.4 Å². The van der Waals surface area contributed by atoms with E-state index >= 15 is 0 Å². The summed E-state index contributed by atoms with van der Waals surface area (Å²) in [4.78, 5) is 10.3. The van der Waals surface area contributed by atoms with Crippen molar-refractivity contribution in [2.24, 2.45) is 0 Å². The van der Waals surface area contributed by atoms with Crippen LogP contribution in [-0.2, 0) is 4.79 Å². The number of rotatable bonds is 4. The number of carbonyl (C=O) groups excluding carboxylic acids is 1. The van der Waals surface area contributed by atoms with E-state index in [0.717, 1.165) is 12.8 Å². The molecule has 9 heavy (non-hydrogen) atoms. The Morgan fingerprint density at radius 3 is 2.22 bits per heavy atom. The molecule has 2 heteroatoms. The van der Waals surface area contributed by atoms with Crippen LogP contribution in [0.25, 0.3) is 0 Å². The van der Waals surface area contributed by atoms with Crippen LogP contribution in [0.5, 0.6) is 0 Å². The first-order valence-electron chi connectivity index (χ1n) is 3.26. The highest BCUT2D eigenvalue weighted by molar-refractivity contribution is 5.75. The van der Waals surface area contributed by atoms with E-state index in [9.17, 15) is 4.79 Å². The summed E-state index contributed by atoms with van der Waals surface area (Å²) in [6.07, 6.45) is 4.24. The Hall–Kier alpha value is -0.0400. The second-order valence-corrected chi connectivity index (χ2v) is 2.16. The van der Waals surface area contributed by atoms with E-state index < -0.39 is 0 Å². The van der Waals surface area contributed by atoms with Crippen LogP contribution < -0.4 is 12.4 Å². The Bertz CT molecular complexity index is 71.3. The molecule has 0 unspecified atom stereocenters. The van der Waals surface area contributed by atoms with E-state index in [2.05, 4.69) is 6.92 Å². The molecule has 0 saturated heterocycles. The van der Waals surface area contributed by atoms with Gasteiger partial charge in [-0.15, -0.1) is 0 Å². The van der Waals surface area contributed by atoms with Gasteiger partial charge >= 0.3 is 0 Å². The SMILES string of the molecule is CCCCCC(C)=O.[Cl-]. The molecule has 0 aliphatic carbocycles. The summed E-state index contributed by atoms with van der Waals surface area (Å²) in [6, 6.07) is 0. The second-order valence-electron chi connectivity index (χ2n) is 2.16. The van der Waals surface area contributed by atoms with Gasteiger partial charge in [-0.1, -0.05) is 19.8 Å². The molecular weight excluding hydrogens is 136 g/mol. The number of hydrogen-bond donors (Lipinski definition) is 0. The monoisotopic (exact) mass is 149 g/mol. The third-order valence-corrected chi connectivity index (χ3v) is 1.13. The maximum atomic E-state index is 10.3. The minimum Gasteiger partial charge on any atom is -1.00 e. The van der Waals surface area contributed by atoms with Gasteiger partial charge in [0.2, 0.25) is 0 Å². The highest BCUT2D eigenvalue weighted by Gasteiger charge is 1.89. The van der Waals surface area contributed by atoms with Crippen molar-refractivity contribution in [2.75, 3.05) is 0 Å². The standard InChI is InChI=1S/C7H14O.ClH/c1-3-4-5-6-7(2)8;/h3-6H2,1-2H3;1H/p-1. The molecule has 0 heterocycles. The fourth-order valence-electron chi connectivity index (χ4n) is 0.624. The zero-order chi connectivity index (χ0) is 6.41. The lowest BCUT2D eigenvalue weighted by Crippen LogP contribution is -3.00. The molecular formula is C7H14ClO-. The maximum Gasteiger partial charge on any atom is 0.129 e. The minimum absolute atomic E-state index is 0. The molecule has 0 spiro atoms. The van der Waals surface area contributed by atoms with Crippen molar-refractivity contribution in [3.63, 3.8) is 0 Å². The lowest BCUT2D eigenvalue weighted by molar-refractivity contribution is -0.117. The first-order chi connectivity index (χ1) is 3.77. The topological polar surface area (TPSA) is 17.1 Å². The van der Waals surface area contributed by atoms with Crippen LogP contribution in [0.15, 0.2) is 0 Å². The van der Waals surface area contributed by atoms with Gasteiger partial charge in [-0.2, -0.15) is 0 Å². The Balaban J connectivity index is 0. The zero-order valence-corrected chi connectivity index (χ0v) is 6.87. The summed E-state index contributed by atoms with van der Waals surface area (Å²) in [5.41, 5.74) is 0. The molecule has 0 radical (unpaired) electrons. The van der Waals surface area contributed by atoms with Crippen molar-refractivity contribution in [3.05, 3.63) is 0 Å². The second kappa shape index (κ2) is 7.96. The van der Waals surface area contributed by atoms with Crippen LogP contribution in [0.4, 0.5) is 0 Å². The van der Waals surface area contributed by atoms with E-state index in [1.54, 1.807) is 6.92 Å². The van der Waals surface area contributed by atoms with Crippen LogP contribution in [0.1, 0.15) is 39.5 Å². The highest BCUT2D eigenvalue weighted by atomic mass is 35.5. The van der Waals surface area contributed by atoms with Crippen LogP contribution in [-0.4, -0.2) is 5.78 Å². The van der Waals surface area contributed by atoms with E-state index in [1.165, 1.54) is 12.8 Å². The van der Waals surface area contributed by atoms with Crippen LogP contribution >= 0.6 is 0 Å². The molecule has 0 rings (SSSR count). The molecule has 0 fully saturated rings. The fraction of sp³-hybridized carbons (Fsp3) is 0.857. The normalized spacial score (nSPS) is 8.22. The summed E-state index contributed by atoms with van der Waals surface area (Å²) >= 11 is 0. The summed E-state index contributed by atoms with van der Waals surface area (Å²) in [5, 5.41) is 0. The average Bonchev–Trinajstić information content (AvgIpc) is 1.66. The molecule has 0 aliphatic heterocycles. The number of Topliss-reactive ketones (excluding diaryl/α,β-unsaturated/α-hetero) is 1. The lowest BCUT2D eigenvalue weighted by Gasteiger charge is -1.90. The van der Waals surface area contributed by atoms with Gasteiger partial charge in [0.25, 0.3) is 0 Å². The molecule has 1 nitrogen and oxygen atoms in total. The molecule has 0 atom stereocenters. The van der Waals surface area contributed by atoms with Crippen molar-refractivity contribution >= 4 is 5.78 Å². The van der Waals surface area contributed by atoms with E-state index in [4.69, 9.17) is 0 Å². The number of ketones is 1. The van der Waals surface area contributed by atoms with Crippen molar-refractivity contribution < 1.29 is 17.2 Å². The quantitative estimate of drug-likeness (QED) is 0.477. The van der Waals surface area contributed by atoms with E-state index in [0.29, 0.717) is 5.78 Å². The first-order valence-corrected chi connectivity index (χ1v) is 3.26. The minimum atomic E-state index is 0. The largest absolute Gasteiger partial charge is 1.00 e. The molecule has 0 aromatic rings. The van der Waals surface area contributed by atoms with Gasteiger partial charge in [-0.25, -0.2) is 0 Å². The lowest BCUT2D eigenvalue weighted by atomic mass is 10.2. The summed E-state index contributed by atoms with van der Waals surface area (Å²) in [6.45, 7) is 3.79. The van der Waals surface area contributed by atoms with Crippen molar-refractivity contribution in [1.82, 2.24) is 0 Å². The van der Waals surface area contributed by atoms with Crippen LogP contribution in [0.3, 0.4) is 0 Å². The smallest absolute Gasteiger partial charge is 0.129 e. The number of carbonyl (C=O) groups is 1. The van der Waals surface area contributed by atoms with Crippen LogP contribution in [0, 0.1) is 0 Å². The van der Waals surface area contributed by atoms with Crippen LogP contribution in [0.2, 0.25) is 0 Å². The number of unbranched alkanes of at least 4 members (excludes halogenated alkanes) is 2. The molecule has 0 amide bonds.